The molecule has 3 nitrogen and oxygen atoms in total. The Bertz CT molecular complexity index is 941. The quantitative estimate of drug-likeness (QED) is 0.684. The zero-order valence-electron chi connectivity index (χ0n) is 15.4. The molecule has 1 saturated carbocycles. The highest BCUT2D eigenvalue weighted by atomic mass is 16.3. The highest BCUT2D eigenvalue weighted by molar-refractivity contribution is 5.95. The van der Waals surface area contributed by atoms with E-state index < -0.39 is 0 Å². The van der Waals surface area contributed by atoms with Crippen molar-refractivity contribution in [3.05, 3.63) is 89.5 Å². The standard InChI is InChI=1S/C24H23NO2/c1-17-5-7-19(8-6-17)20-9-11-21(12-10-20)24(27)25(22-13-14-22)16-18-3-2-4-23(26)15-18/h2-12,15,22,26H,13-14,16H2,1H3. The summed E-state index contributed by atoms with van der Waals surface area (Å²) < 4.78 is 0. The molecule has 1 fully saturated rings. The number of hydrogen-bond donors (Lipinski definition) is 1. The first-order chi connectivity index (χ1) is 13.1. The SMILES string of the molecule is Cc1ccc(-c2ccc(C(=O)N(Cc3cccc(O)c3)C3CC3)cc2)cc1. The van der Waals surface area contributed by atoms with Gasteiger partial charge in [-0.2, -0.15) is 0 Å². The highest BCUT2D eigenvalue weighted by Crippen LogP contribution is 2.31. The molecule has 1 aliphatic carbocycles. The number of amides is 1. The molecule has 0 aromatic heterocycles. The molecule has 3 aromatic rings. The maximum absolute atomic E-state index is 13.1. The van der Waals surface area contributed by atoms with Crippen molar-refractivity contribution in [1.29, 1.82) is 0 Å². The van der Waals surface area contributed by atoms with Gasteiger partial charge in [-0.15, -0.1) is 0 Å². The molecular formula is C24H23NO2. The van der Waals surface area contributed by atoms with E-state index in [1.165, 1.54) is 5.56 Å². The second-order valence-corrected chi connectivity index (χ2v) is 7.28. The van der Waals surface area contributed by atoms with Crippen LogP contribution in [0.5, 0.6) is 5.75 Å². The van der Waals surface area contributed by atoms with E-state index >= 15 is 0 Å². The zero-order valence-corrected chi connectivity index (χ0v) is 15.4. The van der Waals surface area contributed by atoms with Gasteiger partial charge in [-0.25, -0.2) is 0 Å². The smallest absolute Gasteiger partial charge is 0.254 e. The lowest BCUT2D eigenvalue weighted by atomic mass is 10.0. The maximum Gasteiger partial charge on any atom is 0.254 e. The van der Waals surface area contributed by atoms with Gasteiger partial charge < -0.3 is 10.0 Å². The number of carbonyl (C=O) groups excluding carboxylic acids is 1. The number of nitrogens with zero attached hydrogens (tertiary/aromatic N) is 1. The molecule has 1 aliphatic rings. The van der Waals surface area contributed by atoms with Crippen LogP contribution in [0, 0.1) is 6.92 Å². The van der Waals surface area contributed by atoms with Crippen LogP contribution in [-0.2, 0) is 6.54 Å². The topological polar surface area (TPSA) is 40.5 Å². The largest absolute Gasteiger partial charge is 0.508 e. The molecule has 27 heavy (non-hydrogen) atoms. The van der Waals surface area contributed by atoms with Crippen LogP contribution in [0.1, 0.15) is 34.3 Å². The van der Waals surface area contributed by atoms with Gasteiger partial charge in [0.05, 0.1) is 0 Å². The van der Waals surface area contributed by atoms with Crippen LogP contribution in [-0.4, -0.2) is 22.0 Å². The third-order valence-corrected chi connectivity index (χ3v) is 5.03. The van der Waals surface area contributed by atoms with Gasteiger partial charge in [0.2, 0.25) is 0 Å². The minimum atomic E-state index is 0.0521. The Balaban J connectivity index is 1.54. The molecule has 1 N–H and O–H groups in total. The molecule has 0 heterocycles. The second kappa shape index (κ2) is 7.28. The highest BCUT2D eigenvalue weighted by Gasteiger charge is 2.33. The number of phenols is 1. The van der Waals surface area contributed by atoms with Crippen molar-refractivity contribution in [2.45, 2.75) is 32.4 Å². The summed E-state index contributed by atoms with van der Waals surface area (Å²) in [5.74, 6) is 0.287. The Morgan fingerprint density at radius 2 is 1.59 bits per heavy atom. The minimum absolute atomic E-state index is 0.0521. The summed E-state index contributed by atoms with van der Waals surface area (Å²) >= 11 is 0. The van der Waals surface area contributed by atoms with Crippen LogP contribution in [0.15, 0.2) is 72.8 Å². The number of hydrogen-bond acceptors (Lipinski definition) is 2. The number of benzene rings is 3. The summed E-state index contributed by atoms with van der Waals surface area (Å²) in [6, 6.07) is 23.7. The average molecular weight is 357 g/mol. The molecule has 1 amide bonds. The number of rotatable bonds is 5. The maximum atomic E-state index is 13.1. The van der Waals surface area contributed by atoms with Crippen LogP contribution >= 0.6 is 0 Å². The summed E-state index contributed by atoms with van der Waals surface area (Å²) in [5, 5.41) is 9.69. The molecule has 3 aromatic carbocycles. The molecule has 0 aliphatic heterocycles. The van der Waals surface area contributed by atoms with Crippen molar-refractivity contribution in [1.82, 2.24) is 4.90 Å². The Hall–Kier alpha value is -3.07. The van der Waals surface area contributed by atoms with Crippen LogP contribution in [0.2, 0.25) is 0 Å². The summed E-state index contributed by atoms with van der Waals surface area (Å²) in [7, 11) is 0. The van der Waals surface area contributed by atoms with Gasteiger partial charge in [-0.3, -0.25) is 4.79 Å². The van der Waals surface area contributed by atoms with E-state index in [4.69, 9.17) is 0 Å². The van der Waals surface area contributed by atoms with E-state index in [-0.39, 0.29) is 11.7 Å². The Morgan fingerprint density at radius 3 is 2.19 bits per heavy atom. The van der Waals surface area contributed by atoms with Gasteiger partial charge in [0.15, 0.2) is 0 Å². The number of aromatic hydroxyl groups is 1. The fourth-order valence-corrected chi connectivity index (χ4v) is 3.32. The van der Waals surface area contributed by atoms with Gasteiger partial charge in [0.25, 0.3) is 5.91 Å². The first-order valence-electron chi connectivity index (χ1n) is 9.36. The van der Waals surface area contributed by atoms with Crippen molar-refractivity contribution in [3.63, 3.8) is 0 Å². The third-order valence-electron chi connectivity index (χ3n) is 5.03. The van der Waals surface area contributed by atoms with Crippen molar-refractivity contribution in [2.75, 3.05) is 0 Å². The minimum Gasteiger partial charge on any atom is -0.508 e. The molecule has 0 radical (unpaired) electrons. The Morgan fingerprint density at radius 1 is 0.963 bits per heavy atom. The Kier molecular flexibility index (Phi) is 4.68. The average Bonchev–Trinajstić information content (AvgIpc) is 3.52. The van der Waals surface area contributed by atoms with Gasteiger partial charge in [-0.05, 0) is 60.7 Å². The molecule has 0 bridgehead atoms. The molecule has 3 heteroatoms. The molecule has 136 valence electrons. The molecule has 4 rings (SSSR count). The van der Waals surface area contributed by atoms with E-state index in [0.29, 0.717) is 18.2 Å². The molecule has 0 atom stereocenters. The normalized spacial score (nSPS) is 13.4. The number of carbonyl (C=O) groups is 1. The van der Waals surface area contributed by atoms with Gasteiger partial charge >= 0.3 is 0 Å². The summed E-state index contributed by atoms with van der Waals surface area (Å²) in [6.07, 6.45) is 2.10. The first-order valence-corrected chi connectivity index (χ1v) is 9.36. The van der Waals surface area contributed by atoms with Crippen molar-refractivity contribution < 1.29 is 9.90 Å². The Labute approximate surface area is 159 Å². The van der Waals surface area contributed by atoms with E-state index in [1.54, 1.807) is 12.1 Å². The second-order valence-electron chi connectivity index (χ2n) is 7.28. The zero-order chi connectivity index (χ0) is 18.8. The van der Waals surface area contributed by atoms with Crippen LogP contribution in [0.25, 0.3) is 11.1 Å². The molecule has 0 saturated heterocycles. The lowest BCUT2D eigenvalue weighted by Gasteiger charge is -2.23. The third kappa shape index (κ3) is 4.03. The van der Waals surface area contributed by atoms with Gasteiger partial charge in [0.1, 0.15) is 5.75 Å². The summed E-state index contributed by atoms with van der Waals surface area (Å²) in [4.78, 5) is 15.0. The van der Waals surface area contributed by atoms with Crippen molar-refractivity contribution >= 4 is 5.91 Å². The monoisotopic (exact) mass is 357 g/mol. The molecular weight excluding hydrogens is 334 g/mol. The van der Waals surface area contributed by atoms with Gasteiger partial charge in [0, 0.05) is 18.2 Å². The number of phenolic OH excluding ortho intramolecular Hbond substituents is 1. The lowest BCUT2D eigenvalue weighted by Crippen LogP contribution is -2.32. The summed E-state index contributed by atoms with van der Waals surface area (Å²) in [5.41, 5.74) is 5.15. The van der Waals surface area contributed by atoms with Crippen LogP contribution < -0.4 is 0 Å². The fraction of sp³-hybridized carbons (Fsp3) is 0.208. The predicted octanol–water partition coefficient (Wildman–Crippen LogP) is 5.17. The number of aryl methyl sites for hydroxylation is 1. The fourth-order valence-electron chi connectivity index (χ4n) is 3.32. The van der Waals surface area contributed by atoms with Crippen molar-refractivity contribution in [3.8, 4) is 16.9 Å². The van der Waals surface area contributed by atoms with Crippen LogP contribution in [0.3, 0.4) is 0 Å². The van der Waals surface area contributed by atoms with Crippen molar-refractivity contribution in [2.24, 2.45) is 0 Å². The predicted molar refractivity (Wildman–Crippen MR) is 108 cm³/mol. The van der Waals surface area contributed by atoms with Gasteiger partial charge in [-0.1, -0.05) is 54.1 Å². The lowest BCUT2D eigenvalue weighted by molar-refractivity contribution is 0.0730. The first kappa shape index (κ1) is 17.3. The van der Waals surface area contributed by atoms with E-state index in [0.717, 1.165) is 29.5 Å². The molecule has 0 spiro atoms. The van der Waals surface area contributed by atoms with E-state index in [1.807, 2.05) is 41.3 Å². The molecule has 0 unspecified atom stereocenters. The summed E-state index contributed by atoms with van der Waals surface area (Å²) in [6.45, 7) is 2.60. The van der Waals surface area contributed by atoms with E-state index in [2.05, 4.69) is 31.2 Å². The van der Waals surface area contributed by atoms with E-state index in [9.17, 15) is 9.90 Å². The van der Waals surface area contributed by atoms with Crippen LogP contribution in [0.4, 0.5) is 0 Å².